The van der Waals surface area contributed by atoms with E-state index in [0.717, 1.165) is 5.71 Å². The van der Waals surface area contributed by atoms with Crippen LogP contribution >= 0.6 is 0 Å². The lowest BCUT2D eigenvalue weighted by atomic mass is 10.0. The highest BCUT2D eigenvalue weighted by Gasteiger charge is 2.04. The summed E-state index contributed by atoms with van der Waals surface area (Å²) in [6.07, 6.45) is 3.78. The van der Waals surface area contributed by atoms with Gasteiger partial charge in [0.15, 0.2) is 0 Å². The summed E-state index contributed by atoms with van der Waals surface area (Å²) in [6, 6.07) is 0. The van der Waals surface area contributed by atoms with Crippen LogP contribution in [-0.4, -0.2) is 12.8 Å². The highest BCUT2D eigenvalue weighted by molar-refractivity contribution is 6.01. The van der Waals surface area contributed by atoms with Crippen molar-refractivity contribution in [3.8, 4) is 0 Å². The van der Waals surface area contributed by atoms with E-state index < -0.39 is 0 Å². The second-order valence-corrected chi connectivity index (χ2v) is 2.85. The third-order valence-electron chi connectivity index (χ3n) is 1.56. The maximum atomic E-state index is 4.21. The van der Waals surface area contributed by atoms with Gasteiger partial charge in [0.05, 0.1) is 0 Å². The first kappa shape index (κ1) is 10.2. The molecule has 62 valence electrons. The molecule has 0 spiro atoms. The summed E-state index contributed by atoms with van der Waals surface area (Å²) in [5, 5.41) is 0. The fourth-order valence-corrected chi connectivity index (χ4v) is 1.15. The Hall–Kier alpha value is -0.850. The van der Waals surface area contributed by atoms with Crippen molar-refractivity contribution in [1.82, 2.24) is 0 Å². The molecule has 0 aliphatic heterocycles. The van der Waals surface area contributed by atoms with Crippen molar-refractivity contribution in [2.24, 2.45) is 10.9 Å². The van der Waals surface area contributed by atoms with E-state index in [1.54, 1.807) is 6.08 Å². The highest BCUT2D eigenvalue weighted by Crippen LogP contribution is 2.06. The van der Waals surface area contributed by atoms with Gasteiger partial charge >= 0.3 is 0 Å². The molecule has 0 aromatic rings. The van der Waals surface area contributed by atoms with Crippen LogP contribution < -0.4 is 0 Å². The second kappa shape index (κ2) is 4.89. The van der Waals surface area contributed by atoms with Gasteiger partial charge < -0.3 is 0 Å². The smallest absolute Gasteiger partial charge is 0.0399 e. The summed E-state index contributed by atoms with van der Waals surface area (Å²) in [5.41, 5.74) is 2.36. The largest absolute Gasteiger partial charge is 0.293 e. The van der Waals surface area contributed by atoms with Crippen molar-refractivity contribution >= 4 is 5.71 Å². The van der Waals surface area contributed by atoms with E-state index in [9.17, 15) is 0 Å². The zero-order valence-electron chi connectivity index (χ0n) is 7.89. The quantitative estimate of drug-likeness (QED) is 0.434. The Kier molecular flexibility index (Phi) is 4.51. The molecule has 0 bridgehead atoms. The summed E-state index contributed by atoms with van der Waals surface area (Å²) in [6.45, 7) is 9.99. The maximum Gasteiger partial charge on any atom is 0.0399 e. The van der Waals surface area contributed by atoms with Crippen LogP contribution in [0, 0.1) is 5.92 Å². The Morgan fingerprint density at radius 3 is 2.27 bits per heavy atom. The van der Waals surface area contributed by atoms with Gasteiger partial charge in [-0.15, -0.1) is 0 Å². The monoisotopic (exact) mass is 151 g/mol. The van der Waals surface area contributed by atoms with Crippen LogP contribution in [0.1, 0.15) is 20.8 Å². The number of hydrogen-bond donors (Lipinski definition) is 0. The summed E-state index contributed by atoms with van der Waals surface area (Å²) < 4.78 is 0. The fraction of sp³-hybridized carbons (Fsp3) is 0.500. The van der Waals surface area contributed by atoms with Crippen LogP contribution in [-0.2, 0) is 0 Å². The third-order valence-corrected chi connectivity index (χ3v) is 1.56. The van der Waals surface area contributed by atoms with Crippen LogP contribution in [0.15, 0.2) is 29.3 Å². The van der Waals surface area contributed by atoms with Gasteiger partial charge in [0.2, 0.25) is 0 Å². The molecule has 0 unspecified atom stereocenters. The van der Waals surface area contributed by atoms with E-state index in [1.165, 1.54) is 5.57 Å². The second-order valence-electron chi connectivity index (χ2n) is 2.85. The molecule has 0 amide bonds. The molecule has 0 aromatic heterocycles. The highest BCUT2D eigenvalue weighted by atomic mass is 14.7. The van der Waals surface area contributed by atoms with Gasteiger partial charge in [0.1, 0.15) is 0 Å². The first-order valence-electron chi connectivity index (χ1n) is 3.89. The molecule has 0 N–H and O–H groups in total. The molecule has 1 heteroatoms. The van der Waals surface area contributed by atoms with E-state index in [-0.39, 0.29) is 0 Å². The van der Waals surface area contributed by atoms with Gasteiger partial charge in [0, 0.05) is 12.8 Å². The minimum absolute atomic E-state index is 0.496. The Morgan fingerprint density at radius 1 is 1.45 bits per heavy atom. The van der Waals surface area contributed by atoms with E-state index in [4.69, 9.17) is 0 Å². The fourth-order valence-electron chi connectivity index (χ4n) is 1.15. The van der Waals surface area contributed by atoms with Crippen LogP contribution in [0.2, 0.25) is 0 Å². The van der Waals surface area contributed by atoms with Crippen LogP contribution in [0.3, 0.4) is 0 Å². The van der Waals surface area contributed by atoms with Crippen molar-refractivity contribution < 1.29 is 0 Å². The summed E-state index contributed by atoms with van der Waals surface area (Å²) in [4.78, 5) is 4.21. The first-order chi connectivity index (χ1) is 5.13. The van der Waals surface area contributed by atoms with Gasteiger partial charge in [-0.1, -0.05) is 32.6 Å². The predicted octanol–water partition coefficient (Wildman–Crippen LogP) is 2.85. The SMILES string of the molecule is C=C/C=C(/C)C(=NC)C(C)C. The third kappa shape index (κ3) is 3.17. The first-order valence-corrected chi connectivity index (χ1v) is 3.89. The van der Waals surface area contributed by atoms with Gasteiger partial charge in [-0.2, -0.15) is 0 Å². The van der Waals surface area contributed by atoms with Crippen molar-refractivity contribution in [3.05, 3.63) is 24.3 Å². The zero-order valence-corrected chi connectivity index (χ0v) is 7.89. The van der Waals surface area contributed by atoms with E-state index >= 15 is 0 Å². The molecule has 0 saturated heterocycles. The average molecular weight is 151 g/mol. The Morgan fingerprint density at radius 2 is 2.00 bits per heavy atom. The molecule has 0 radical (unpaired) electrons. The lowest BCUT2D eigenvalue weighted by Crippen LogP contribution is -2.08. The van der Waals surface area contributed by atoms with Gasteiger partial charge in [0.25, 0.3) is 0 Å². The van der Waals surface area contributed by atoms with Crippen molar-refractivity contribution in [2.75, 3.05) is 7.05 Å². The molecule has 0 aromatic carbocycles. The number of allylic oxidation sites excluding steroid dienone is 3. The summed E-state index contributed by atoms with van der Waals surface area (Å²) >= 11 is 0. The number of nitrogens with zero attached hydrogens (tertiary/aromatic N) is 1. The lowest BCUT2D eigenvalue weighted by molar-refractivity contribution is 0.879. The maximum absolute atomic E-state index is 4.21. The molecular weight excluding hydrogens is 134 g/mol. The number of hydrogen-bond acceptors (Lipinski definition) is 1. The van der Waals surface area contributed by atoms with Crippen LogP contribution in [0.25, 0.3) is 0 Å². The normalized spacial score (nSPS) is 13.9. The van der Waals surface area contributed by atoms with Crippen molar-refractivity contribution in [2.45, 2.75) is 20.8 Å². The molecule has 0 aliphatic carbocycles. The average Bonchev–Trinajstić information content (AvgIpc) is 1.88. The van der Waals surface area contributed by atoms with E-state index in [2.05, 4.69) is 32.3 Å². The molecule has 1 nitrogen and oxygen atoms in total. The number of rotatable bonds is 3. The molecule has 0 rings (SSSR count). The topological polar surface area (TPSA) is 12.4 Å². The molecule has 0 heterocycles. The standard InChI is InChI=1S/C10H17N/c1-6-7-9(4)10(11-5)8(2)3/h6-8H,1H2,2-5H3/b9-7-,11-10?. The zero-order chi connectivity index (χ0) is 8.85. The van der Waals surface area contributed by atoms with E-state index in [0.29, 0.717) is 5.92 Å². The molecule has 11 heavy (non-hydrogen) atoms. The summed E-state index contributed by atoms with van der Waals surface area (Å²) in [5.74, 6) is 0.496. The van der Waals surface area contributed by atoms with Gasteiger partial charge in [-0.25, -0.2) is 0 Å². The molecular formula is C10H17N. The number of aliphatic imine (C=N–C) groups is 1. The Bertz CT molecular complexity index is 185. The van der Waals surface area contributed by atoms with Crippen LogP contribution in [0.4, 0.5) is 0 Å². The molecule has 0 atom stereocenters. The molecule has 0 aliphatic rings. The Balaban J connectivity index is 4.53. The predicted molar refractivity (Wildman–Crippen MR) is 52.2 cm³/mol. The minimum Gasteiger partial charge on any atom is -0.293 e. The molecule has 0 fully saturated rings. The minimum atomic E-state index is 0.496. The van der Waals surface area contributed by atoms with Crippen molar-refractivity contribution in [1.29, 1.82) is 0 Å². The summed E-state index contributed by atoms with van der Waals surface area (Å²) in [7, 11) is 1.83. The molecule has 0 saturated carbocycles. The lowest BCUT2D eigenvalue weighted by Gasteiger charge is -2.08. The van der Waals surface area contributed by atoms with Gasteiger partial charge in [-0.05, 0) is 18.4 Å². The van der Waals surface area contributed by atoms with Gasteiger partial charge in [-0.3, -0.25) is 4.99 Å². The van der Waals surface area contributed by atoms with E-state index in [1.807, 2.05) is 13.1 Å². The van der Waals surface area contributed by atoms with Crippen molar-refractivity contribution in [3.63, 3.8) is 0 Å². The van der Waals surface area contributed by atoms with Crippen LogP contribution in [0.5, 0.6) is 0 Å². The Labute approximate surface area is 69.5 Å².